The highest BCUT2D eigenvalue weighted by Crippen LogP contribution is 2.41. The molecule has 0 fully saturated rings. The van der Waals surface area contributed by atoms with E-state index in [-0.39, 0.29) is 5.75 Å². The molecule has 5 nitrogen and oxygen atoms in total. The molecule has 1 aliphatic carbocycles. The second-order valence-electron chi connectivity index (χ2n) is 6.07. The van der Waals surface area contributed by atoms with E-state index in [2.05, 4.69) is 0 Å². The summed E-state index contributed by atoms with van der Waals surface area (Å²) < 4.78 is 5.15. The van der Waals surface area contributed by atoms with Crippen LogP contribution >= 0.6 is 0 Å². The minimum absolute atomic E-state index is 0.00292. The number of hydrogen-bond donors (Lipinski definition) is 3. The maximum Gasteiger partial charge on any atom is 0.195 e. The summed E-state index contributed by atoms with van der Waals surface area (Å²) >= 11 is 0. The van der Waals surface area contributed by atoms with Gasteiger partial charge in [0.15, 0.2) is 17.3 Å². The van der Waals surface area contributed by atoms with Gasteiger partial charge in [0.1, 0.15) is 12.2 Å². The van der Waals surface area contributed by atoms with Gasteiger partial charge in [0.2, 0.25) is 0 Å². The lowest BCUT2D eigenvalue weighted by atomic mass is 9.80. The Labute approximate surface area is 143 Å². The molecule has 0 amide bonds. The third kappa shape index (κ3) is 2.21. The predicted molar refractivity (Wildman–Crippen MR) is 92.9 cm³/mol. The van der Waals surface area contributed by atoms with Gasteiger partial charge in [-0.1, -0.05) is 36.4 Å². The molecule has 2 atom stereocenters. The summed E-state index contributed by atoms with van der Waals surface area (Å²) in [4.78, 5) is 12.7. The largest absolute Gasteiger partial charge is 0.504 e. The number of aromatic hydroxyl groups is 1. The molecule has 5 heteroatoms. The average Bonchev–Trinajstić information content (AvgIpc) is 2.64. The van der Waals surface area contributed by atoms with E-state index < -0.39 is 18.0 Å². The number of carbonyl (C=O) groups excluding carboxylic acids is 1. The summed E-state index contributed by atoms with van der Waals surface area (Å²) in [6.07, 6.45) is -2.74. The van der Waals surface area contributed by atoms with E-state index in [0.29, 0.717) is 33.4 Å². The molecule has 25 heavy (non-hydrogen) atoms. The smallest absolute Gasteiger partial charge is 0.195 e. The number of phenolic OH excluding ortho intramolecular Hbond substituents is 1. The molecule has 0 unspecified atom stereocenters. The quantitative estimate of drug-likeness (QED) is 0.670. The molecule has 0 saturated heterocycles. The molecule has 4 rings (SSSR count). The second-order valence-corrected chi connectivity index (χ2v) is 6.07. The lowest BCUT2D eigenvalue weighted by molar-refractivity contribution is 0.0193. The number of phenols is 1. The van der Waals surface area contributed by atoms with Gasteiger partial charge >= 0.3 is 0 Å². The van der Waals surface area contributed by atoms with Crippen molar-refractivity contribution in [1.82, 2.24) is 0 Å². The van der Waals surface area contributed by atoms with Crippen LogP contribution in [0.1, 0.15) is 22.0 Å². The van der Waals surface area contributed by atoms with Crippen LogP contribution < -0.4 is 4.74 Å². The molecular formula is C20H16O5. The molecule has 126 valence electrons. The molecule has 0 heterocycles. The Bertz CT molecular complexity index is 1010. The Morgan fingerprint density at radius 3 is 2.56 bits per heavy atom. The number of aliphatic hydroxyl groups is 2. The van der Waals surface area contributed by atoms with Crippen molar-refractivity contribution in [2.45, 2.75) is 12.2 Å². The van der Waals surface area contributed by atoms with Crippen LogP contribution in [0.2, 0.25) is 0 Å². The van der Waals surface area contributed by atoms with E-state index in [1.807, 2.05) is 12.1 Å². The average molecular weight is 336 g/mol. The van der Waals surface area contributed by atoms with E-state index in [4.69, 9.17) is 4.74 Å². The molecule has 3 aromatic rings. The summed E-state index contributed by atoms with van der Waals surface area (Å²) in [6.45, 7) is 0. The Kier molecular flexibility index (Phi) is 3.49. The number of hydrogen-bond acceptors (Lipinski definition) is 5. The second kappa shape index (κ2) is 5.58. The van der Waals surface area contributed by atoms with Gasteiger partial charge in [0.25, 0.3) is 0 Å². The van der Waals surface area contributed by atoms with Crippen LogP contribution in [-0.2, 0) is 0 Å². The summed E-state index contributed by atoms with van der Waals surface area (Å²) in [5.41, 5.74) is 2.21. The van der Waals surface area contributed by atoms with Crippen molar-refractivity contribution in [3.05, 3.63) is 59.7 Å². The number of rotatable bonds is 2. The van der Waals surface area contributed by atoms with Crippen LogP contribution in [0.4, 0.5) is 0 Å². The number of Topliss-reactive ketones (excluding diaryl/α,β-unsaturated/α-hetero) is 1. The zero-order valence-electron chi connectivity index (χ0n) is 13.4. The summed E-state index contributed by atoms with van der Waals surface area (Å²) in [5, 5.41) is 31.7. The van der Waals surface area contributed by atoms with Gasteiger partial charge in [0.05, 0.1) is 7.11 Å². The lowest BCUT2D eigenvalue weighted by Gasteiger charge is -2.27. The highest BCUT2D eigenvalue weighted by molar-refractivity contribution is 6.18. The fourth-order valence-corrected chi connectivity index (χ4v) is 3.46. The first-order chi connectivity index (χ1) is 12.0. The minimum Gasteiger partial charge on any atom is -0.504 e. The Morgan fingerprint density at radius 1 is 1.00 bits per heavy atom. The van der Waals surface area contributed by atoms with Crippen LogP contribution in [0.25, 0.3) is 21.9 Å². The van der Waals surface area contributed by atoms with Crippen molar-refractivity contribution < 1.29 is 24.9 Å². The third-order valence-corrected chi connectivity index (χ3v) is 4.70. The number of benzene rings is 3. The van der Waals surface area contributed by atoms with Crippen molar-refractivity contribution in [3.63, 3.8) is 0 Å². The van der Waals surface area contributed by atoms with Crippen LogP contribution in [0.3, 0.4) is 0 Å². The minimum atomic E-state index is -1.50. The molecule has 0 saturated carbocycles. The summed E-state index contributed by atoms with van der Waals surface area (Å²) in [6, 6.07) is 13.9. The molecule has 0 aromatic heterocycles. The molecule has 3 aromatic carbocycles. The molecular weight excluding hydrogens is 320 g/mol. The fraction of sp³-hybridized carbons (Fsp3) is 0.150. The summed E-state index contributed by atoms with van der Waals surface area (Å²) in [7, 11) is 1.45. The van der Waals surface area contributed by atoms with Crippen molar-refractivity contribution in [2.24, 2.45) is 0 Å². The van der Waals surface area contributed by atoms with Crippen molar-refractivity contribution in [1.29, 1.82) is 0 Å². The van der Waals surface area contributed by atoms with E-state index in [9.17, 15) is 20.1 Å². The van der Waals surface area contributed by atoms with Gasteiger partial charge in [0, 0.05) is 5.56 Å². The normalized spacial score (nSPS) is 19.2. The van der Waals surface area contributed by atoms with Crippen molar-refractivity contribution in [3.8, 4) is 22.6 Å². The fourth-order valence-electron chi connectivity index (χ4n) is 3.46. The number of carbonyl (C=O) groups is 1. The Balaban J connectivity index is 2.07. The van der Waals surface area contributed by atoms with Crippen LogP contribution in [-0.4, -0.2) is 34.3 Å². The van der Waals surface area contributed by atoms with E-state index >= 15 is 0 Å². The maximum atomic E-state index is 12.7. The molecule has 1 aliphatic rings. The molecule has 0 bridgehead atoms. The van der Waals surface area contributed by atoms with Gasteiger partial charge in [-0.2, -0.15) is 0 Å². The predicted octanol–water partition coefficient (Wildman–Crippen LogP) is 2.81. The topological polar surface area (TPSA) is 87.0 Å². The first-order valence-electron chi connectivity index (χ1n) is 7.86. The SMILES string of the molecule is COc1cc(-c2ccc3cccc4c3c2C(=O)[C@H](O)[C@H]4O)ccc1O. The first-order valence-corrected chi connectivity index (χ1v) is 7.86. The van der Waals surface area contributed by atoms with Crippen molar-refractivity contribution >= 4 is 16.6 Å². The number of aliphatic hydroxyl groups excluding tert-OH is 2. The molecule has 0 spiro atoms. The van der Waals surface area contributed by atoms with Crippen LogP contribution in [0, 0.1) is 0 Å². The first kappa shape index (κ1) is 15.6. The highest BCUT2D eigenvalue weighted by Gasteiger charge is 2.36. The van der Waals surface area contributed by atoms with Crippen molar-refractivity contribution in [2.75, 3.05) is 7.11 Å². The van der Waals surface area contributed by atoms with Crippen LogP contribution in [0.5, 0.6) is 11.5 Å². The number of methoxy groups -OCH3 is 1. The molecule has 3 N–H and O–H groups in total. The number of ketones is 1. The number of ether oxygens (including phenoxy) is 1. The van der Waals surface area contributed by atoms with E-state index in [1.165, 1.54) is 13.2 Å². The lowest BCUT2D eigenvalue weighted by Crippen LogP contribution is -2.32. The van der Waals surface area contributed by atoms with Gasteiger partial charge in [-0.05, 0) is 39.6 Å². The van der Waals surface area contributed by atoms with Gasteiger partial charge in [-0.3, -0.25) is 4.79 Å². The maximum absolute atomic E-state index is 12.7. The highest BCUT2D eigenvalue weighted by atomic mass is 16.5. The monoisotopic (exact) mass is 336 g/mol. The van der Waals surface area contributed by atoms with Crippen LogP contribution in [0.15, 0.2) is 48.5 Å². The van der Waals surface area contributed by atoms with E-state index in [0.717, 1.165) is 5.39 Å². The van der Waals surface area contributed by atoms with Gasteiger partial charge < -0.3 is 20.1 Å². The standard InChI is InChI=1S/C20H16O5/c1-25-15-9-11(6-8-14(15)21)12-7-5-10-3-2-4-13-16(10)17(12)19(23)20(24)18(13)22/h2-9,18,20-22,24H,1H3/t18-,20+/m0/s1. The third-order valence-electron chi connectivity index (χ3n) is 4.70. The molecule has 0 aliphatic heterocycles. The summed E-state index contributed by atoms with van der Waals surface area (Å²) in [5.74, 6) is -0.219. The van der Waals surface area contributed by atoms with E-state index in [1.54, 1.807) is 30.3 Å². The van der Waals surface area contributed by atoms with Gasteiger partial charge in [-0.25, -0.2) is 0 Å². The zero-order valence-corrected chi connectivity index (χ0v) is 13.4. The Hall–Kier alpha value is -2.89. The zero-order chi connectivity index (χ0) is 17.7. The Morgan fingerprint density at radius 2 is 1.80 bits per heavy atom. The van der Waals surface area contributed by atoms with Gasteiger partial charge in [-0.15, -0.1) is 0 Å². The molecule has 0 radical (unpaired) electrons.